The molecular weight excluding hydrogens is 492 g/mol. The molecule has 0 radical (unpaired) electrons. The minimum Gasteiger partial charge on any atom is -0.470 e. The summed E-state index contributed by atoms with van der Waals surface area (Å²) in [5.41, 5.74) is 4.45. The van der Waals surface area contributed by atoms with Crippen LogP contribution in [0.15, 0.2) is 42.9 Å². The number of amides is 1. The Balaban J connectivity index is 1.53. The first-order valence-corrected chi connectivity index (χ1v) is 12.7. The summed E-state index contributed by atoms with van der Waals surface area (Å²) in [5, 5.41) is 12.2. The number of nitrogens with zero attached hydrogens (tertiary/aromatic N) is 5. The predicted octanol–water partition coefficient (Wildman–Crippen LogP) is 3.87. The number of carbonyl (C=O) groups is 1. The van der Waals surface area contributed by atoms with Gasteiger partial charge in [-0.2, -0.15) is 4.98 Å². The van der Waals surface area contributed by atoms with Crippen LogP contribution in [-0.4, -0.2) is 54.3 Å². The molecule has 0 unspecified atom stereocenters. The number of fused-ring (bicyclic) bond motifs is 1. The normalized spacial score (nSPS) is 14.1. The molecule has 0 aliphatic heterocycles. The summed E-state index contributed by atoms with van der Waals surface area (Å²) in [6, 6.07) is 9.51. The summed E-state index contributed by atoms with van der Waals surface area (Å²) in [5.74, 6) is 0.948. The van der Waals surface area contributed by atoms with Gasteiger partial charge in [0.25, 0.3) is 0 Å². The molecule has 0 saturated heterocycles. The average molecular weight is 521 g/mol. The number of imidazole rings is 1. The molecule has 1 amide bonds. The van der Waals surface area contributed by atoms with E-state index in [9.17, 15) is 4.79 Å². The van der Waals surface area contributed by atoms with Gasteiger partial charge >= 0.3 is 0 Å². The van der Waals surface area contributed by atoms with E-state index in [0.29, 0.717) is 53.0 Å². The summed E-state index contributed by atoms with van der Waals surface area (Å²) in [6.45, 7) is 4.99. The van der Waals surface area contributed by atoms with Crippen molar-refractivity contribution in [3.8, 4) is 17.3 Å². The molecule has 1 aromatic carbocycles. The van der Waals surface area contributed by atoms with E-state index in [2.05, 4.69) is 27.2 Å². The Labute approximate surface area is 219 Å². The molecule has 2 N–H and O–H groups in total. The lowest BCUT2D eigenvalue weighted by Crippen LogP contribution is -2.26. The van der Waals surface area contributed by atoms with Crippen LogP contribution < -0.4 is 10.1 Å². The maximum atomic E-state index is 12.2. The van der Waals surface area contributed by atoms with Crippen molar-refractivity contribution in [3.05, 3.63) is 64.7 Å². The fourth-order valence-electron chi connectivity index (χ4n) is 4.11. The third-order valence-corrected chi connectivity index (χ3v) is 6.70. The van der Waals surface area contributed by atoms with Crippen molar-refractivity contribution < 1.29 is 14.6 Å². The molecule has 1 aliphatic rings. The first-order chi connectivity index (χ1) is 17.8. The van der Waals surface area contributed by atoms with Crippen molar-refractivity contribution in [2.45, 2.75) is 51.7 Å². The number of rotatable bonds is 10. The number of aliphatic hydroxyl groups is 1. The molecule has 10 heteroatoms. The molecule has 3 heterocycles. The van der Waals surface area contributed by atoms with Crippen LogP contribution in [0.1, 0.15) is 43.0 Å². The Morgan fingerprint density at radius 2 is 2.05 bits per heavy atom. The van der Waals surface area contributed by atoms with Crippen molar-refractivity contribution in [2.24, 2.45) is 0 Å². The van der Waals surface area contributed by atoms with Crippen LogP contribution in [0.4, 0.5) is 0 Å². The van der Waals surface area contributed by atoms with E-state index < -0.39 is 0 Å². The van der Waals surface area contributed by atoms with Crippen molar-refractivity contribution in [1.82, 2.24) is 29.8 Å². The fourth-order valence-corrected chi connectivity index (χ4v) is 4.40. The zero-order valence-electron chi connectivity index (χ0n) is 20.9. The number of carbonyl (C=O) groups excluding carboxylic acids is 1. The molecule has 0 spiro atoms. The van der Waals surface area contributed by atoms with E-state index in [1.807, 2.05) is 35.8 Å². The number of ether oxygens (including phenoxy) is 1. The van der Waals surface area contributed by atoms with Gasteiger partial charge in [-0.1, -0.05) is 17.7 Å². The smallest absolute Gasteiger partial charge is 0.245 e. The summed E-state index contributed by atoms with van der Waals surface area (Å²) in [4.78, 5) is 30.6. The Morgan fingerprint density at radius 3 is 2.78 bits per heavy atom. The molecule has 9 nitrogen and oxygen atoms in total. The van der Waals surface area contributed by atoms with Gasteiger partial charge < -0.3 is 19.7 Å². The van der Waals surface area contributed by atoms with Gasteiger partial charge in [-0.05, 0) is 68.5 Å². The van der Waals surface area contributed by atoms with E-state index in [1.165, 1.54) is 6.33 Å². The van der Waals surface area contributed by atoms with Crippen LogP contribution in [0.3, 0.4) is 0 Å². The topological polar surface area (TPSA) is 115 Å². The van der Waals surface area contributed by atoms with E-state index in [0.717, 1.165) is 29.7 Å². The highest BCUT2D eigenvalue weighted by molar-refractivity contribution is 6.33. The molecule has 3 aromatic heterocycles. The van der Waals surface area contributed by atoms with Gasteiger partial charge in [-0.3, -0.25) is 9.78 Å². The molecule has 0 bridgehead atoms. The summed E-state index contributed by atoms with van der Waals surface area (Å²) in [7, 11) is 0. The summed E-state index contributed by atoms with van der Waals surface area (Å²) < 4.78 is 8.17. The van der Waals surface area contributed by atoms with Crippen LogP contribution in [-0.2, 0) is 17.8 Å². The second-order valence-corrected chi connectivity index (χ2v) is 10.1. The third-order valence-electron chi connectivity index (χ3n) is 6.38. The summed E-state index contributed by atoms with van der Waals surface area (Å²) in [6.07, 6.45) is 5.94. The standard InChI is InChI=1S/C27H29ClN6O3/c1-17-6-10-29-19(12-17)15-34-24(33-23-25(34)31-16-32-26(23)37-27(2)7-8-27)20-5-4-18(13-21(20)28)14-22(36)30-9-3-11-35/h4-6,10,12-13,16,35H,3,7-9,11,14-15H2,1-2H3,(H,30,36). The minimum atomic E-state index is -0.222. The van der Waals surface area contributed by atoms with Crippen LogP contribution in [0.5, 0.6) is 5.88 Å². The number of hydrogen-bond acceptors (Lipinski definition) is 7. The maximum Gasteiger partial charge on any atom is 0.245 e. The van der Waals surface area contributed by atoms with Crippen molar-refractivity contribution in [3.63, 3.8) is 0 Å². The number of pyridine rings is 1. The molecule has 0 atom stereocenters. The van der Waals surface area contributed by atoms with Gasteiger partial charge in [-0.25, -0.2) is 9.97 Å². The zero-order valence-corrected chi connectivity index (χ0v) is 21.6. The van der Waals surface area contributed by atoms with Crippen LogP contribution >= 0.6 is 11.6 Å². The highest BCUT2D eigenvalue weighted by atomic mass is 35.5. The molecule has 4 aromatic rings. The van der Waals surface area contributed by atoms with Gasteiger partial charge in [-0.15, -0.1) is 0 Å². The van der Waals surface area contributed by atoms with Crippen molar-refractivity contribution in [1.29, 1.82) is 0 Å². The highest BCUT2D eigenvalue weighted by Crippen LogP contribution is 2.41. The van der Waals surface area contributed by atoms with Gasteiger partial charge in [0, 0.05) is 24.9 Å². The molecular formula is C27H29ClN6O3. The Bertz CT molecular complexity index is 1450. The third kappa shape index (κ3) is 5.73. The summed E-state index contributed by atoms with van der Waals surface area (Å²) >= 11 is 6.76. The monoisotopic (exact) mass is 520 g/mol. The first kappa shape index (κ1) is 25.1. The average Bonchev–Trinajstić information content (AvgIpc) is 3.48. The van der Waals surface area contributed by atoms with Gasteiger partial charge in [0.2, 0.25) is 11.8 Å². The number of aromatic nitrogens is 5. The highest BCUT2D eigenvalue weighted by Gasteiger charge is 2.41. The number of nitrogens with one attached hydrogen (secondary N) is 1. The maximum absolute atomic E-state index is 12.2. The quantitative estimate of drug-likeness (QED) is 0.305. The Morgan fingerprint density at radius 1 is 1.22 bits per heavy atom. The molecule has 1 saturated carbocycles. The van der Waals surface area contributed by atoms with E-state index in [1.54, 1.807) is 12.3 Å². The van der Waals surface area contributed by atoms with E-state index in [-0.39, 0.29) is 24.5 Å². The molecule has 1 fully saturated rings. The minimum absolute atomic E-state index is 0.0379. The van der Waals surface area contributed by atoms with Crippen LogP contribution in [0, 0.1) is 6.92 Å². The first-order valence-electron chi connectivity index (χ1n) is 12.3. The van der Waals surface area contributed by atoms with Gasteiger partial charge in [0.15, 0.2) is 11.2 Å². The Kier molecular flexibility index (Phi) is 7.08. The lowest BCUT2D eigenvalue weighted by atomic mass is 10.1. The van der Waals surface area contributed by atoms with Crippen molar-refractivity contribution in [2.75, 3.05) is 13.2 Å². The number of halogens is 1. The molecule has 192 valence electrons. The van der Waals surface area contributed by atoms with Crippen LogP contribution in [0.25, 0.3) is 22.6 Å². The van der Waals surface area contributed by atoms with E-state index in [4.69, 9.17) is 26.4 Å². The number of hydrogen-bond donors (Lipinski definition) is 2. The zero-order chi connectivity index (χ0) is 26.0. The molecule has 5 rings (SSSR count). The number of aliphatic hydroxyl groups excluding tert-OH is 1. The fraction of sp³-hybridized carbons (Fsp3) is 0.370. The number of aryl methyl sites for hydroxylation is 1. The largest absolute Gasteiger partial charge is 0.470 e. The van der Waals surface area contributed by atoms with Crippen LogP contribution in [0.2, 0.25) is 5.02 Å². The molecule has 1 aliphatic carbocycles. The second-order valence-electron chi connectivity index (χ2n) is 9.67. The second kappa shape index (κ2) is 10.4. The lowest BCUT2D eigenvalue weighted by Gasteiger charge is -2.12. The van der Waals surface area contributed by atoms with Gasteiger partial charge in [0.05, 0.1) is 23.7 Å². The van der Waals surface area contributed by atoms with E-state index >= 15 is 0 Å². The predicted molar refractivity (Wildman–Crippen MR) is 141 cm³/mol. The van der Waals surface area contributed by atoms with Crippen molar-refractivity contribution >= 4 is 28.7 Å². The number of benzene rings is 1. The lowest BCUT2D eigenvalue weighted by molar-refractivity contribution is -0.120. The SMILES string of the molecule is Cc1ccnc(Cn2c(-c3ccc(CC(=O)NCCCO)cc3Cl)nc3c(OC4(C)CC4)ncnc32)c1. The Hall–Kier alpha value is -3.56. The molecule has 37 heavy (non-hydrogen) atoms. The van der Waals surface area contributed by atoms with Gasteiger partial charge in [0.1, 0.15) is 17.8 Å².